The van der Waals surface area contributed by atoms with Crippen LogP contribution < -0.4 is 5.73 Å². The summed E-state index contributed by atoms with van der Waals surface area (Å²) in [6.07, 6.45) is 0. The van der Waals surface area contributed by atoms with Crippen LogP contribution >= 0.6 is 15.9 Å². The van der Waals surface area contributed by atoms with Crippen molar-refractivity contribution in [2.75, 3.05) is 5.73 Å². The van der Waals surface area contributed by atoms with Gasteiger partial charge in [0.15, 0.2) is 0 Å². The van der Waals surface area contributed by atoms with Gasteiger partial charge in [-0.25, -0.2) is 0 Å². The molecule has 2 rings (SSSR count). The van der Waals surface area contributed by atoms with Crippen LogP contribution in [0.25, 0.3) is 5.69 Å². The summed E-state index contributed by atoms with van der Waals surface area (Å²) in [5.41, 5.74) is 6.36. The largest absolute Gasteiger partial charge is 0.366 e. The number of nitrogens with zero attached hydrogens (tertiary/aromatic N) is 4. The zero-order chi connectivity index (χ0) is 9.26. The Morgan fingerprint density at radius 1 is 1.23 bits per heavy atom. The molecule has 0 atom stereocenters. The Kier molecular flexibility index (Phi) is 1.97. The average molecular weight is 240 g/mol. The van der Waals surface area contributed by atoms with E-state index in [1.165, 1.54) is 4.68 Å². The minimum atomic E-state index is 0.280. The first-order valence-corrected chi connectivity index (χ1v) is 4.36. The number of nitrogen functional groups attached to an aromatic ring is 1. The van der Waals surface area contributed by atoms with Crippen molar-refractivity contribution in [1.82, 2.24) is 20.2 Å². The van der Waals surface area contributed by atoms with E-state index in [1.54, 1.807) is 0 Å². The van der Waals surface area contributed by atoms with Gasteiger partial charge in [0, 0.05) is 4.47 Å². The standard InChI is InChI=1S/C7H6BrN5/c8-5-1-3-6(4-2-5)13-7(9)10-11-12-13/h1-4H,(H2,9,10,12). The number of benzene rings is 1. The average Bonchev–Trinajstić information content (AvgIpc) is 2.53. The fourth-order valence-electron chi connectivity index (χ4n) is 0.960. The summed E-state index contributed by atoms with van der Waals surface area (Å²) < 4.78 is 2.47. The summed E-state index contributed by atoms with van der Waals surface area (Å²) in [6, 6.07) is 7.54. The van der Waals surface area contributed by atoms with Crippen LogP contribution in [0.5, 0.6) is 0 Å². The molecule has 0 fully saturated rings. The van der Waals surface area contributed by atoms with Gasteiger partial charge in [0.2, 0.25) is 5.95 Å². The lowest BCUT2D eigenvalue weighted by Crippen LogP contribution is -2.01. The molecule has 0 amide bonds. The number of hydrogen-bond acceptors (Lipinski definition) is 4. The maximum atomic E-state index is 5.53. The summed E-state index contributed by atoms with van der Waals surface area (Å²) in [5, 5.41) is 10.8. The number of anilines is 1. The van der Waals surface area contributed by atoms with Gasteiger partial charge in [-0.3, -0.25) is 0 Å². The Hall–Kier alpha value is -1.43. The normalized spacial score (nSPS) is 10.2. The van der Waals surface area contributed by atoms with E-state index in [-0.39, 0.29) is 5.95 Å². The topological polar surface area (TPSA) is 69.6 Å². The van der Waals surface area contributed by atoms with Gasteiger partial charge in [-0.2, -0.15) is 4.68 Å². The second-order valence-electron chi connectivity index (χ2n) is 2.43. The third-order valence-corrected chi connectivity index (χ3v) is 2.09. The first-order valence-electron chi connectivity index (χ1n) is 3.57. The second-order valence-corrected chi connectivity index (χ2v) is 3.34. The highest BCUT2D eigenvalue weighted by Gasteiger charge is 2.02. The molecule has 0 aliphatic heterocycles. The van der Waals surface area contributed by atoms with Crippen LogP contribution in [0.1, 0.15) is 0 Å². The molecule has 13 heavy (non-hydrogen) atoms. The number of tetrazole rings is 1. The van der Waals surface area contributed by atoms with E-state index in [0.29, 0.717) is 0 Å². The number of rotatable bonds is 1. The lowest BCUT2D eigenvalue weighted by molar-refractivity contribution is 0.792. The van der Waals surface area contributed by atoms with E-state index < -0.39 is 0 Å². The Morgan fingerprint density at radius 2 is 1.92 bits per heavy atom. The monoisotopic (exact) mass is 239 g/mol. The zero-order valence-electron chi connectivity index (χ0n) is 6.55. The summed E-state index contributed by atoms with van der Waals surface area (Å²) in [7, 11) is 0. The fourth-order valence-corrected chi connectivity index (χ4v) is 1.22. The van der Waals surface area contributed by atoms with Gasteiger partial charge < -0.3 is 5.73 Å². The molecule has 0 bridgehead atoms. The maximum Gasteiger partial charge on any atom is 0.245 e. The van der Waals surface area contributed by atoms with E-state index in [1.807, 2.05) is 24.3 Å². The van der Waals surface area contributed by atoms with Crippen LogP contribution in [0.3, 0.4) is 0 Å². The third-order valence-electron chi connectivity index (χ3n) is 1.56. The molecule has 0 radical (unpaired) electrons. The van der Waals surface area contributed by atoms with E-state index in [2.05, 4.69) is 31.5 Å². The highest BCUT2D eigenvalue weighted by atomic mass is 79.9. The van der Waals surface area contributed by atoms with Gasteiger partial charge in [0.1, 0.15) is 0 Å². The van der Waals surface area contributed by atoms with E-state index in [0.717, 1.165) is 10.2 Å². The molecule has 5 nitrogen and oxygen atoms in total. The maximum absolute atomic E-state index is 5.53. The Labute approximate surface area is 82.7 Å². The highest BCUT2D eigenvalue weighted by Crippen LogP contribution is 2.14. The van der Waals surface area contributed by atoms with Gasteiger partial charge >= 0.3 is 0 Å². The smallest absolute Gasteiger partial charge is 0.245 e. The summed E-state index contributed by atoms with van der Waals surface area (Å²) in [4.78, 5) is 0. The molecular formula is C7H6BrN5. The van der Waals surface area contributed by atoms with Gasteiger partial charge in [0.25, 0.3) is 0 Å². The molecule has 0 unspecified atom stereocenters. The van der Waals surface area contributed by atoms with Gasteiger partial charge in [-0.15, -0.1) is 0 Å². The number of nitrogens with two attached hydrogens (primary N) is 1. The molecule has 2 N–H and O–H groups in total. The molecule has 0 spiro atoms. The first kappa shape index (κ1) is 8.18. The predicted molar refractivity (Wildman–Crippen MR) is 51.3 cm³/mol. The molecule has 66 valence electrons. The SMILES string of the molecule is Nc1nnnn1-c1ccc(Br)cc1. The molecule has 2 aromatic rings. The summed E-state index contributed by atoms with van der Waals surface area (Å²) >= 11 is 3.34. The van der Waals surface area contributed by atoms with E-state index in [9.17, 15) is 0 Å². The predicted octanol–water partition coefficient (Wildman–Crippen LogP) is 1.01. The van der Waals surface area contributed by atoms with Crippen molar-refractivity contribution in [1.29, 1.82) is 0 Å². The number of hydrogen-bond donors (Lipinski definition) is 1. The lowest BCUT2D eigenvalue weighted by atomic mass is 10.3. The molecule has 1 heterocycles. The first-order chi connectivity index (χ1) is 6.27. The van der Waals surface area contributed by atoms with Crippen molar-refractivity contribution in [2.24, 2.45) is 0 Å². The quantitative estimate of drug-likeness (QED) is 0.807. The number of halogens is 1. The van der Waals surface area contributed by atoms with Crippen molar-refractivity contribution < 1.29 is 0 Å². The molecule has 6 heteroatoms. The Bertz CT molecular complexity index is 407. The van der Waals surface area contributed by atoms with Crippen LogP contribution in [0.2, 0.25) is 0 Å². The minimum absolute atomic E-state index is 0.280. The molecule has 1 aromatic heterocycles. The van der Waals surface area contributed by atoms with E-state index >= 15 is 0 Å². The highest BCUT2D eigenvalue weighted by molar-refractivity contribution is 9.10. The van der Waals surface area contributed by atoms with Gasteiger partial charge in [0.05, 0.1) is 5.69 Å². The van der Waals surface area contributed by atoms with Crippen molar-refractivity contribution in [3.63, 3.8) is 0 Å². The molecular weight excluding hydrogens is 234 g/mol. The third kappa shape index (κ3) is 1.52. The molecule has 0 saturated heterocycles. The number of aromatic nitrogens is 4. The van der Waals surface area contributed by atoms with Crippen molar-refractivity contribution in [3.05, 3.63) is 28.7 Å². The Balaban J connectivity index is 2.47. The van der Waals surface area contributed by atoms with Gasteiger partial charge in [-0.05, 0) is 34.7 Å². The van der Waals surface area contributed by atoms with Crippen LogP contribution in [-0.4, -0.2) is 20.2 Å². The summed E-state index contributed by atoms with van der Waals surface area (Å²) in [6.45, 7) is 0. The molecule has 0 aliphatic carbocycles. The van der Waals surface area contributed by atoms with Crippen LogP contribution in [0.4, 0.5) is 5.95 Å². The zero-order valence-corrected chi connectivity index (χ0v) is 8.14. The molecule has 1 aromatic carbocycles. The van der Waals surface area contributed by atoms with Gasteiger partial charge in [-0.1, -0.05) is 21.0 Å². The van der Waals surface area contributed by atoms with Crippen molar-refractivity contribution in [2.45, 2.75) is 0 Å². The second kappa shape index (κ2) is 3.14. The van der Waals surface area contributed by atoms with E-state index in [4.69, 9.17) is 5.73 Å². The molecule has 0 aliphatic rings. The lowest BCUT2D eigenvalue weighted by Gasteiger charge is -1.99. The summed E-state index contributed by atoms with van der Waals surface area (Å²) in [5.74, 6) is 0.280. The molecule has 0 saturated carbocycles. The van der Waals surface area contributed by atoms with Crippen molar-refractivity contribution >= 4 is 21.9 Å². The fraction of sp³-hybridized carbons (Fsp3) is 0. The van der Waals surface area contributed by atoms with Crippen LogP contribution in [-0.2, 0) is 0 Å². The minimum Gasteiger partial charge on any atom is -0.366 e. The van der Waals surface area contributed by atoms with Crippen molar-refractivity contribution in [3.8, 4) is 5.69 Å². The van der Waals surface area contributed by atoms with Crippen LogP contribution in [0, 0.1) is 0 Å². The van der Waals surface area contributed by atoms with Crippen LogP contribution in [0.15, 0.2) is 28.7 Å². The Morgan fingerprint density at radius 3 is 2.46 bits per heavy atom.